The molecule has 4 atom stereocenters. The van der Waals surface area contributed by atoms with E-state index in [0.29, 0.717) is 17.8 Å². The average molecular weight is 286 g/mol. The van der Waals surface area contributed by atoms with Crippen LogP contribution in [0.2, 0.25) is 18.6 Å². The highest BCUT2D eigenvalue weighted by Crippen LogP contribution is 2.52. The van der Waals surface area contributed by atoms with Crippen LogP contribution >= 0.6 is 0 Å². The fourth-order valence-corrected chi connectivity index (χ4v) is 8.40. The lowest BCUT2D eigenvalue weighted by Gasteiger charge is -2.45. The first-order valence-electron chi connectivity index (χ1n) is 7.91. The van der Waals surface area contributed by atoms with Gasteiger partial charge in [0.2, 0.25) is 0 Å². The zero-order valence-corrected chi connectivity index (χ0v) is 13.7. The summed E-state index contributed by atoms with van der Waals surface area (Å²) in [5, 5.41) is 3.48. The molecule has 1 N–H and O–H groups in total. The van der Waals surface area contributed by atoms with Crippen molar-refractivity contribution in [3.05, 3.63) is 24.3 Å². The second-order valence-electron chi connectivity index (χ2n) is 6.93. The quantitative estimate of drug-likeness (QED) is 0.620. The van der Waals surface area contributed by atoms with E-state index >= 15 is 0 Å². The summed E-state index contributed by atoms with van der Waals surface area (Å²) in [6, 6.07) is 0. The van der Waals surface area contributed by atoms with Crippen LogP contribution in [-0.2, 0) is 0 Å². The van der Waals surface area contributed by atoms with Gasteiger partial charge >= 0.3 is 0 Å². The van der Waals surface area contributed by atoms with Gasteiger partial charge in [0.15, 0.2) is 0 Å². The predicted octanol–water partition coefficient (Wildman–Crippen LogP) is 2.48. The topological polar surface area (TPSA) is 15.3 Å². The fraction of sp³-hybridized carbons (Fsp3) is 0.647. The Morgan fingerprint density at radius 1 is 1.15 bits per heavy atom. The molecule has 0 aromatic carbocycles. The summed E-state index contributed by atoms with van der Waals surface area (Å²) < 4.78 is 2.80. The Labute approximate surface area is 124 Å². The van der Waals surface area contributed by atoms with Crippen LogP contribution in [-0.4, -0.2) is 39.0 Å². The molecule has 1 heterocycles. The van der Waals surface area contributed by atoms with E-state index < -0.39 is 8.24 Å². The third-order valence-electron chi connectivity index (χ3n) is 5.71. The van der Waals surface area contributed by atoms with Crippen molar-refractivity contribution in [1.82, 2.24) is 9.88 Å². The smallest absolute Gasteiger partial charge is 0.126 e. The number of nitrogens with zero attached hydrogens (tertiary/aromatic N) is 1. The molecule has 108 valence electrons. The summed E-state index contributed by atoms with van der Waals surface area (Å²) in [5.74, 6) is 4.79. The van der Waals surface area contributed by atoms with Gasteiger partial charge in [-0.05, 0) is 23.8 Å². The van der Waals surface area contributed by atoms with Gasteiger partial charge in [-0.25, -0.2) is 0 Å². The summed E-state index contributed by atoms with van der Waals surface area (Å²) in [7, 11) is -1.42. The molecule has 1 saturated carbocycles. The minimum atomic E-state index is -1.42. The maximum Gasteiger partial charge on any atom is 0.126 e. The zero-order chi connectivity index (χ0) is 14.2. The van der Waals surface area contributed by atoms with Crippen LogP contribution in [0.5, 0.6) is 0 Å². The first-order valence-corrected chi connectivity index (χ1v) is 10.9. The average Bonchev–Trinajstić information content (AvgIpc) is 2.88. The zero-order valence-electron chi connectivity index (χ0n) is 12.7. The SMILES string of the molecule is C#CC1CC([Si](C)(C)N2CCNCC2)C2C=CC=CC12. The van der Waals surface area contributed by atoms with E-state index in [2.05, 4.69) is 53.2 Å². The van der Waals surface area contributed by atoms with E-state index in [1.165, 1.54) is 19.5 Å². The first kappa shape index (κ1) is 14.1. The number of piperazine rings is 1. The van der Waals surface area contributed by atoms with Gasteiger partial charge in [0.1, 0.15) is 8.24 Å². The Bertz CT molecular complexity index is 454. The van der Waals surface area contributed by atoms with E-state index in [0.717, 1.165) is 18.6 Å². The minimum Gasteiger partial charge on any atom is -0.321 e. The standard InChI is InChI=1S/C17H26N2Si/c1-4-14-13-17(16-8-6-5-7-15(14)16)20(2,3)19-11-9-18-10-12-19/h1,5-8,14-18H,9-13H2,2-3H3. The molecule has 1 aliphatic heterocycles. The minimum absolute atomic E-state index is 0.445. The Morgan fingerprint density at radius 3 is 2.45 bits per heavy atom. The molecule has 0 bridgehead atoms. The molecule has 2 aliphatic carbocycles. The Morgan fingerprint density at radius 2 is 1.80 bits per heavy atom. The number of allylic oxidation sites excluding steroid dienone is 4. The summed E-state index contributed by atoms with van der Waals surface area (Å²) in [5.41, 5.74) is 0.799. The van der Waals surface area contributed by atoms with Crippen LogP contribution in [0.3, 0.4) is 0 Å². The lowest BCUT2D eigenvalue weighted by molar-refractivity contribution is 0.346. The molecule has 0 aromatic heterocycles. The third-order valence-corrected chi connectivity index (χ3v) is 10.2. The molecule has 0 aromatic rings. The van der Waals surface area contributed by atoms with E-state index in [-0.39, 0.29) is 0 Å². The molecule has 3 heteroatoms. The number of fused-ring (bicyclic) bond motifs is 1. The first-order chi connectivity index (χ1) is 9.64. The number of nitrogens with one attached hydrogen (secondary N) is 1. The lowest BCUT2D eigenvalue weighted by Crippen LogP contribution is -2.59. The van der Waals surface area contributed by atoms with E-state index in [1.807, 2.05) is 0 Å². The molecule has 0 spiro atoms. The molecular weight excluding hydrogens is 260 g/mol. The van der Waals surface area contributed by atoms with Crippen molar-refractivity contribution >= 4 is 8.24 Å². The van der Waals surface area contributed by atoms with Gasteiger partial charge < -0.3 is 9.88 Å². The van der Waals surface area contributed by atoms with E-state index in [4.69, 9.17) is 6.42 Å². The lowest BCUT2D eigenvalue weighted by atomic mass is 9.87. The molecular formula is C17H26N2Si. The van der Waals surface area contributed by atoms with Crippen molar-refractivity contribution in [1.29, 1.82) is 0 Å². The largest absolute Gasteiger partial charge is 0.321 e. The molecule has 1 saturated heterocycles. The second-order valence-corrected chi connectivity index (χ2v) is 11.6. The van der Waals surface area contributed by atoms with Gasteiger partial charge in [-0.3, -0.25) is 0 Å². The highest BCUT2D eigenvalue weighted by molar-refractivity contribution is 6.76. The van der Waals surface area contributed by atoms with Crippen LogP contribution in [0.25, 0.3) is 0 Å². The molecule has 2 fully saturated rings. The monoisotopic (exact) mass is 286 g/mol. The summed E-state index contributed by atoms with van der Waals surface area (Å²) in [6.07, 6.45) is 16.2. The number of terminal acetylenes is 1. The normalized spacial score (nSPS) is 37.6. The number of hydrogen-bond donors (Lipinski definition) is 1. The highest BCUT2D eigenvalue weighted by Gasteiger charge is 2.50. The fourth-order valence-electron chi connectivity index (χ4n) is 4.45. The van der Waals surface area contributed by atoms with Crippen molar-refractivity contribution in [3.63, 3.8) is 0 Å². The van der Waals surface area contributed by atoms with Gasteiger partial charge in [-0.15, -0.1) is 12.3 Å². The van der Waals surface area contributed by atoms with E-state index in [9.17, 15) is 0 Å². The van der Waals surface area contributed by atoms with Crippen molar-refractivity contribution in [2.45, 2.75) is 25.1 Å². The van der Waals surface area contributed by atoms with E-state index in [1.54, 1.807) is 0 Å². The second kappa shape index (κ2) is 5.52. The maximum absolute atomic E-state index is 5.81. The maximum atomic E-state index is 5.81. The van der Waals surface area contributed by atoms with Crippen molar-refractivity contribution < 1.29 is 0 Å². The molecule has 0 radical (unpaired) electrons. The van der Waals surface area contributed by atoms with Crippen LogP contribution in [0.1, 0.15) is 6.42 Å². The van der Waals surface area contributed by atoms with Crippen LogP contribution in [0, 0.1) is 30.1 Å². The van der Waals surface area contributed by atoms with Crippen LogP contribution in [0.4, 0.5) is 0 Å². The van der Waals surface area contributed by atoms with Gasteiger partial charge in [-0.1, -0.05) is 37.4 Å². The van der Waals surface area contributed by atoms with Gasteiger partial charge in [0.25, 0.3) is 0 Å². The number of rotatable bonds is 2. The van der Waals surface area contributed by atoms with Crippen molar-refractivity contribution in [2.75, 3.05) is 26.2 Å². The van der Waals surface area contributed by atoms with Crippen LogP contribution < -0.4 is 5.32 Å². The van der Waals surface area contributed by atoms with Gasteiger partial charge in [0.05, 0.1) is 0 Å². The molecule has 4 unspecified atom stereocenters. The summed E-state index contributed by atoms with van der Waals surface area (Å²) in [4.78, 5) is 0. The molecule has 0 amide bonds. The highest BCUT2D eigenvalue weighted by atomic mass is 28.3. The molecule has 20 heavy (non-hydrogen) atoms. The van der Waals surface area contributed by atoms with Crippen molar-refractivity contribution in [3.8, 4) is 12.3 Å². The Hall–Kier alpha value is -0.823. The number of hydrogen-bond acceptors (Lipinski definition) is 2. The molecule has 2 nitrogen and oxygen atoms in total. The van der Waals surface area contributed by atoms with Crippen LogP contribution in [0.15, 0.2) is 24.3 Å². The third kappa shape index (κ3) is 2.30. The van der Waals surface area contributed by atoms with Gasteiger partial charge in [-0.2, -0.15) is 0 Å². The predicted molar refractivity (Wildman–Crippen MR) is 87.9 cm³/mol. The Balaban J connectivity index is 1.83. The molecule has 3 aliphatic rings. The summed E-state index contributed by atoms with van der Waals surface area (Å²) in [6.45, 7) is 9.84. The summed E-state index contributed by atoms with van der Waals surface area (Å²) >= 11 is 0. The van der Waals surface area contributed by atoms with Crippen molar-refractivity contribution in [2.24, 2.45) is 17.8 Å². The van der Waals surface area contributed by atoms with Gasteiger partial charge in [0, 0.05) is 32.1 Å². The Kier molecular flexibility index (Phi) is 3.90. The molecule has 3 rings (SSSR count).